The van der Waals surface area contributed by atoms with E-state index < -0.39 is 0 Å². The molecule has 2 unspecified atom stereocenters. The van der Waals surface area contributed by atoms with E-state index >= 15 is 0 Å². The number of piperidine rings is 1. The second-order valence-electron chi connectivity index (χ2n) is 4.42. The predicted molar refractivity (Wildman–Crippen MR) is 64.0 cm³/mol. The van der Waals surface area contributed by atoms with Gasteiger partial charge in [-0.3, -0.25) is 4.79 Å². The molecule has 17 heavy (non-hydrogen) atoms. The Morgan fingerprint density at radius 3 is 3.00 bits per heavy atom. The molecule has 2 rings (SSSR count). The van der Waals surface area contributed by atoms with Crippen LogP contribution in [0.5, 0.6) is 0 Å². The Kier molecular flexibility index (Phi) is 3.74. The maximum atomic E-state index is 13.2. The van der Waals surface area contributed by atoms with Crippen molar-refractivity contribution in [3.63, 3.8) is 0 Å². The van der Waals surface area contributed by atoms with Gasteiger partial charge < -0.3 is 10.2 Å². The first-order chi connectivity index (χ1) is 8.24. The summed E-state index contributed by atoms with van der Waals surface area (Å²) in [6, 6.07) is 6.87. The minimum absolute atomic E-state index is 0.0191. The molecule has 0 radical (unpaired) electrons. The molecule has 4 heteroatoms. The standard InChI is InChI=1S/C13H17FN2O/c1-15-12-5-6-16(9-17)13(8-12)10-3-2-4-11(14)7-10/h2-4,7,9,12-13,15H,5-6,8H2,1H3. The van der Waals surface area contributed by atoms with Gasteiger partial charge in [-0.15, -0.1) is 0 Å². The van der Waals surface area contributed by atoms with E-state index in [0.29, 0.717) is 6.04 Å². The van der Waals surface area contributed by atoms with Crippen LogP contribution in [0.4, 0.5) is 4.39 Å². The number of likely N-dealkylation sites (tertiary alicyclic amines) is 1. The number of carbonyl (C=O) groups is 1. The molecule has 92 valence electrons. The van der Waals surface area contributed by atoms with E-state index in [1.54, 1.807) is 11.0 Å². The fraction of sp³-hybridized carbons (Fsp3) is 0.462. The molecule has 1 aromatic carbocycles. The summed E-state index contributed by atoms with van der Waals surface area (Å²) >= 11 is 0. The fourth-order valence-electron chi connectivity index (χ4n) is 2.41. The van der Waals surface area contributed by atoms with E-state index in [4.69, 9.17) is 0 Å². The number of amides is 1. The van der Waals surface area contributed by atoms with Crippen LogP contribution in [0.15, 0.2) is 24.3 Å². The van der Waals surface area contributed by atoms with E-state index in [2.05, 4.69) is 5.32 Å². The maximum Gasteiger partial charge on any atom is 0.210 e. The number of hydrogen-bond acceptors (Lipinski definition) is 2. The quantitative estimate of drug-likeness (QED) is 0.810. The van der Waals surface area contributed by atoms with Crippen LogP contribution in [0.25, 0.3) is 0 Å². The molecule has 1 aliphatic rings. The highest BCUT2D eigenvalue weighted by Gasteiger charge is 2.27. The van der Waals surface area contributed by atoms with Crippen LogP contribution >= 0.6 is 0 Å². The minimum atomic E-state index is -0.250. The molecular formula is C13H17FN2O. The summed E-state index contributed by atoms with van der Waals surface area (Å²) in [7, 11) is 1.92. The second-order valence-corrected chi connectivity index (χ2v) is 4.42. The van der Waals surface area contributed by atoms with E-state index in [1.807, 2.05) is 13.1 Å². The number of hydrogen-bond donors (Lipinski definition) is 1. The zero-order valence-corrected chi connectivity index (χ0v) is 9.90. The van der Waals surface area contributed by atoms with Crippen molar-refractivity contribution in [1.29, 1.82) is 0 Å². The van der Waals surface area contributed by atoms with E-state index in [0.717, 1.165) is 31.4 Å². The van der Waals surface area contributed by atoms with Crippen molar-refractivity contribution in [3.05, 3.63) is 35.6 Å². The number of nitrogens with one attached hydrogen (secondary N) is 1. The van der Waals surface area contributed by atoms with Crippen molar-refractivity contribution in [3.8, 4) is 0 Å². The van der Waals surface area contributed by atoms with Crippen LogP contribution in [-0.4, -0.2) is 30.9 Å². The lowest BCUT2D eigenvalue weighted by Gasteiger charge is -2.37. The summed E-state index contributed by atoms with van der Waals surface area (Å²) < 4.78 is 13.2. The molecule has 3 nitrogen and oxygen atoms in total. The third-order valence-corrected chi connectivity index (χ3v) is 3.42. The maximum absolute atomic E-state index is 13.2. The Morgan fingerprint density at radius 2 is 2.35 bits per heavy atom. The van der Waals surface area contributed by atoms with Crippen LogP contribution in [-0.2, 0) is 4.79 Å². The zero-order valence-electron chi connectivity index (χ0n) is 9.90. The van der Waals surface area contributed by atoms with Gasteiger partial charge >= 0.3 is 0 Å². The summed E-state index contributed by atoms with van der Waals surface area (Å²) in [5, 5.41) is 3.23. The Labute approximate surface area is 101 Å². The number of benzene rings is 1. The van der Waals surface area contributed by atoms with Crippen LogP contribution in [0.3, 0.4) is 0 Å². The summed E-state index contributed by atoms with van der Waals surface area (Å²) in [5.41, 5.74) is 0.872. The molecule has 0 saturated carbocycles. The Hall–Kier alpha value is -1.42. The molecule has 1 aliphatic heterocycles. The van der Waals surface area contributed by atoms with Crippen molar-refractivity contribution in [2.45, 2.75) is 24.9 Å². The summed E-state index contributed by atoms with van der Waals surface area (Å²) in [5.74, 6) is -0.250. The minimum Gasteiger partial charge on any atom is -0.338 e. The van der Waals surface area contributed by atoms with Crippen molar-refractivity contribution >= 4 is 6.41 Å². The number of nitrogens with zero attached hydrogens (tertiary/aromatic N) is 1. The highest BCUT2D eigenvalue weighted by Crippen LogP contribution is 2.30. The molecule has 1 saturated heterocycles. The molecule has 1 aromatic rings. The van der Waals surface area contributed by atoms with Crippen LogP contribution in [0, 0.1) is 5.82 Å². The van der Waals surface area contributed by atoms with Gasteiger partial charge in [0.15, 0.2) is 0 Å². The van der Waals surface area contributed by atoms with Crippen LogP contribution in [0.2, 0.25) is 0 Å². The largest absolute Gasteiger partial charge is 0.338 e. The first-order valence-corrected chi connectivity index (χ1v) is 5.88. The van der Waals surface area contributed by atoms with E-state index in [-0.39, 0.29) is 11.9 Å². The van der Waals surface area contributed by atoms with Gasteiger partial charge in [0.2, 0.25) is 6.41 Å². The molecule has 1 heterocycles. The van der Waals surface area contributed by atoms with E-state index in [9.17, 15) is 9.18 Å². The highest BCUT2D eigenvalue weighted by atomic mass is 19.1. The Morgan fingerprint density at radius 1 is 1.53 bits per heavy atom. The summed E-state index contributed by atoms with van der Waals surface area (Å²) in [6.07, 6.45) is 2.64. The predicted octanol–water partition coefficient (Wildman–Crippen LogP) is 1.71. The molecule has 0 aliphatic carbocycles. The number of halogens is 1. The Balaban J connectivity index is 2.23. The van der Waals surface area contributed by atoms with Gasteiger partial charge in [-0.05, 0) is 37.6 Å². The third kappa shape index (κ3) is 2.64. The average Bonchev–Trinajstić information content (AvgIpc) is 2.38. The molecule has 1 amide bonds. The van der Waals surface area contributed by atoms with Gasteiger partial charge in [-0.2, -0.15) is 0 Å². The number of rotatable bonds is 3. The summed E-state index contributed by atoms with van der Waals surface area (Å²) in [4.78, 5) is 12.8. The fourth-order valence-corrected chi connectivity index (χ4v) is 2.41. The molecule has 1 fully saturated rings. The first-order valence-electron chi connectivity index (χ1n) is 5.88. The topological polar surface area (TPSA) is 32.3 Å². The van der Waals surface area contributed by atoms with Crippen molar-refractivity contribution in [2.24, 2.45) is 0 Å². The average molecular weight is 236 g/mol. The van der Waals surface area contributed by atoms with Crippen LogP contribution < -0.4 is 5.32 Å². The number of carbonyl (C=O) groups excluding carboxylic acids is 1. The molecule has 0 bridgehead atoms. The Bertz CT molecular complexity index is 397. The first kappa shape index (κ1) is 12.0. The lowest BCUT2D eigenvalue weighted by atomic mass is 9.92. The van der Waals surface area contributed by atoms with Gasteiger partial charge in [0.05, 0.1) is 6.04 Å². The second kappa shape index (κ2) is 5.27. The molecule has 0 spiro atoms. The normalized spacial score (nSPS) is 24.7. The van der Waals surface area contributed by atoms with Gasteiger partial charge in [0, 0.05) is 12.6 Å². The zero-order chi connectivity index (χ0) is 12.3. The third-order valence-electron chi connectivity index (χ3n) is 3.42. The molecular weight excluding hydrogens is 219 g/mol. The lowest BCUT2D eigenvalue weighted by molar-refractivity contribution is -0.121. The lowest BCUT2D eigenvalue weighted by Crippen LogP contribution is -2.42. The smallest absolute Gasteiger partial charge is 0.210 e. The van der Waals surface area contributed by atoms with Crippen LogP contribution in [0.1, 0.15) is 24.4 Å². The summed E-state index contributed by atoms with van der Waals surface area (Å²) in [6.45, 7) is 0.718. The highest BCUT2D eigenvalue weighted by molar-refractivity contribution is 5.49. The van der Waals surface area contributed by atoms with Crippen molar-refractivity contribution in [1.82, 2.24) is 10.2 Å². The SMILES string of the molecule is CNC1CCN(C=O)C(c2cccc(F)c2)C1. The molecule has 0 aromatic heterocycles. The van der Waals surface area contributed by atoms with Gasteiger partial charge in [-0.1, -0.05) is 12.1 Å². The van der Waals surface area contributed by atoms with Gasteiger partial charge in [0.25, 0.3) is 0 Å². The molecule has 1 N–H and O–H groups in total. The van der Waals surface area contributed by atoms with Crippen molar-refractivity contribution < 1.29 is 9.18 Å². The van der Waals surface area contributed by atoms with Gasteiger partial charge in [-0.25, -0.2) is 4.39 Å². The monoisotopic (exact) mass is 236 g/mol. The van der Waals surface area contributed by atoms with Gasteiger partial charge in [0.1, 0.15) is 5.82 Å². The molecule has 2 atom stereocenters. The van der Waals surface area contributed by atoms with Crippen molar-refractivity contribution in [2.75, 3.05) is 13.6 Å². The van der Waals surface area contributed by atoms with E-state index in [1.165, 1.54) is 12.1 Å².